The molecule has 0 unspecified atom stereocenters. The molecule has 0 aliphatic carbocycles. The predicted molar refractivity (Wildman–Crippen MR) is 98.1 cm³/mol. The molecule has 25 heavy (non-hydrogen) atoms. The Morgan fingerprint density at radius 2 is 1.84 bits per heavy atom. The normalized spacial score (nSPS) is 10.5. The summed E-state index contributed by atoms with van der Waals surface area (Å²) in [6.45, 7) is 3.87. The quantitative estimate of drug-likeness (QED) is 0.657. The van der Waals surface area contributed by atoms with Gasteiger partial charge >= 0.3 is 0 Å². The highest BCUT2D eigenvalue weighted by atomic mass is 16.5. The average Bonchev–Trinajstić information content (AvgIpc) is 2.65. The number of nitrogens with zero attached hydrogens (tertiary/aromatic N) is 2. The lowest BCUT2D eigenvalue weighted by Gasteiger charge is -2.23. The fraction of sp³-hybridized carbons (Fsp3) is 0.400. The first kappa shape index (κ1) is 18.9. The van der Waals surface area contributed by atoms with Gasteiger partial charge in [0.05, 0.1) is 12.7 Å². The number of carbonyl (C=O) groups excluding carboxylic acids is 1. The predicted octanol–water partition coefficient (Wildman–Crippen LogP) is 3.12. The lowest BCUT2D eigenvalue weighted by atomic mass is 10.1. The van der Waals surface area contributed by atoms with E-state index in [2.05, 4.69) is 4.98 Å². The summed E-state index contributed by atoms with van der Waals surface area (Å²) in [5, 5.41) is 0. The monoisotopic (exact) mass is 342 g/mol. The Balaban J connectivity index is 2.03. The summed E-state index contributed by atoms with van der Waals surface area (Å²) in [7, 11) is 3.33. The van der Waals surface area contributed by atoms with E-state index in [1.807, 2.05) is 48.2 Å². The SMILES string of the molecule is COCCCN(CCc1ccc(OC)cc1)C(=O)c1ccc(C)nc1. The fourth-order valence-electron chi connectivity index (χ4n) is 2.55. The number of ether oxygens (including phenoxy) is 2. The van der Waals surface area contributed by atoms with Gasteiger partial charge in [-0.3, -0.25) is 9.78 Å². The summed E-state index contributed by atoms with van der Waals surface area (Å²) in [4.78, 5) is 18.9. The van der Waals surface area contributed by atoms with Gasteiger partial charge in [-0.1, -0.05) is 12.1 Å². The van der Waals surface area contributed by atoms with E-state index >= 15 is 0 Å². The Kier molecular flexibility index (Phi) is 7.41. The van der Waals surface area contributed by atoms with E-state index in [-0.39, 0.29) is 5.91 Å². The summed E-state index contributed by atoms with van der Waals surface area (Å²) < 4.78 is 10.3. The molecule has 0 fully saturated rings. The van der Waals surface area contributed by atoms with Crippen LogP contribution >= 0.6 is 0 Å². The van der Waals surface area contributed by atoms with Crippen molar-refractivity contribution in [3.63, 3.8) is 0 Å². The number of hydrogen-bond acceptors (Lipinski definition) is 4. The van der Waals surface area contributed by atoms with E-state index in [0.29, 0.717) is 25.3 Å². The highest BCUT2D eigenvalue weighted by Crippen LogP contribution is 2.13. The smallest absolute Gasteiger partial charge is 0.255 e. The van der Waals surface area contributed by atoms with Crippen LogP contribution in [0.1, 0.15) is 28.0 Å². The minimum absolute atomic E-state index is 0.0112. The molecule has 0 atom stereocenters. The molecule has 5 nitrogen and oxygen atoms in total. The van der Waals surface area contributed by atoms with Gasteiger partial charge in [0, 0.05) is 38.7 Å². The van der Waals surface area contributed by atoms with Crippen LogP contribution in [0, 0.1) is 6.92 Å². The maximum Gasteiger partial charge on any atom is 0.255 e. The summed E-state index contributed by atoms with van der Waals surface area (Å²) in [6.07, 6.45) is 3.25. The highest BCUT2D eigenvalue weighted by Gasteiger charge is 2.15. The second-order valence-electron chi connectivity index (χ2n) is 5.92. The van der Waals surface area contributed by atoms with Crippen LogP contribution in [-0.2, 0) is 11.2 Å². The number of pyridine rings is 1. The highest BCUT2D eigenvalue weighted by molar-refractivity contribution is 5.93. The summed E-state index contributed by atoms with van der Waals surface area (Å²) in [5.41, 5.74) is 2.70. The number of methoxy groups -OCH3 is 2. The molecule has 1 heterocycles. The van der Waals surface area contributed by atoms with Gasteiger partial charge in [0.15, 0.2) is 0 Å². The first-order chi connectivity index (χ1) is 12.1. The Morgan fingerprint density at radius 3 is 2.44 bits per heavy atom. The molecule has 5 heteroatoms. The van der Waals surface area contributed by atoms with Gasteiger partial charge in [-0.05, 0) is 49.6 Å². The van der Waals surface area contributed by atoms with Crippen LogP contribution in [0.4, 0.5) is 0 Å². The molecule has 0 radical (unpaired) electrons. The third-order valence-corrected chi connectivity index (χ3v) is 4.05. The van der Waals surface area contributed by atoms with Crippen molar-refractivity contribution >= 4 is 5.91 Å². The third-order valence-electron chi connectivity index (χ3n) is 4.05. The van der Waals surface area contributed by atoms with Gasteiger partial charge in [0.2, 0.25) is 0 Å². The van der Waals surface area contributed by atoms with Gasteiger partial charge in [-0.15, -0.1) is 0 Å². The maximum absolute atomic E-state index is 12.8. The number of hydrogen-bond donors (Lipinski definition) is 0. The number of amides is 1. The molecule has 1 amide bonds. The molecule has 0 spiro atoms. The fourth-order valence-corrected chi connectivity index (χ4v) is 2.55. The largest absolute Gasteiger partial charge is 0.497 e. The summed E-state index contributed by atoms with van der Waals surface area (Å²) in [5.74, 6) is 0.847. The molecular weight excluding hydrogens is 316 g/mol. The first-order valence-corrected chi connectivity index (χ1v) is 8.48. The molecule has 0 N–H and O–H groups in total. The minimum atomic E-state index is 0.0112. The van der Waals surface area contributed by atoms with Gasteiger partial charge in [-0.25, -0.2) is 0 Å². The van der Waals surface area contributed by atoms with Crippen molar-refractivity contribution in [1.82, 2.24) is 9.88 Å². The summed E-state index contributed by atoms with van der Waals surface area (Å²) in [6, 6.07) is 11.6. The molecule has 2 aromatic rings. The number of aryl methyl sites for hydroxylation is 1. The molecule has 0 saturated carbocycles. The van der Waals surface area contributed by atoms with E-state index < -0.39 is 0 Å². The van der Waals surface area contributed by atoms with Crippen LogP contribution in [0.5, 0.6) is 5.75 Å². The first-order valence-electron chi connectivity index (χ1n) is 8.48. The zero-order chi connectivity index (χ0) is 18.1. The van der Waals surface area contributed by atoms with E-state index in [1.165, 1.54) is 5.56 Å². The van der Waals surface area contributed by atoms with Crippen LogP contribution in [0.15, 0.2) is 42.6 Å². The topological polar surface area (TPSA) is 51.7 Å². The Labute approximate surface area is 149 Å². The lowest BCUT2D eigenvalue weighted by molar-refractivity contribution is 0.0738. The second-order valence-corrected chi connectivity index (χ2v) is 5.92. The van der Waals surface area contributed by atoms with Crippen molar-refractivity contribution in [2.75, 3.05) is 33.9 Å². The molecular formula is C20H26N2O3. The zero-order valence-electron chi connectivity index (χ0n) is 15.2. The average molecular weight is 342 g/mol. The van der Waals surface area contributed by atoms with Crippen molar-refractivity contribution in [1.29, 1.82) is 0 Å². The van der Waals surface area contributed by atoms with Crippen molar-refractivity contribution in [2.24, 2.45) is 0 Å². The Bertz CT molecular complexity index is 654. The van der Waals surface area contributed by atoms with Crippen molar-refractivity contribution in [2.45, 2.75) is 19.8 Å². The number of carbonyl (C=O) groups is 1. The molecule has 0 aliphatic rings. The molecule has 0 bridgehead atoms. The lowest BCUT2D eigenvalue weighted by Crippen LogP contribution is -2.34. The van der Waals surface area contributed by atoms with Gasteiger partial charge < -0.3 is 14.4 Å². The van der Waals surface area contributed by atoms with E-state index in [9.17, 15) is 4.79 Å². The Morgan fingerprint density at radius 1 is 1.08 bits per heavy atom. The van der Waals surface area contributed by atoms with Crippen molar-refractivity contribution in [3.8, 4) is 5.75 Å². The minimum Gasteiger partial charge on any atom is -0.497 e. The summed E-state index contributed by atoms with van der Waals surface area (Å²) >= 11 is 0. The third kappa shape index (κ3) is 5.87. The van der Waals surface area contributed by atoms with Crippen molar-refractivity contribution in [3.05, 3.63) is 59.4 Å². The van der Waals surface area contributed by atoms with Gasteiger partial charge in [0.25, 0.3) is 5.91 Å². The molecule has 1 aromatic carbocycles. The number of aromatic nitrogens is 1. The molecule has 0 aliphatic heterocycles. The molecule has 1 aromatic heterocycles. The van der Waals surface area contributed by atoms with Crippen LogP contribution in [0.2, 0.25) is 0 Å². The van der Waals surface area contributed by atoms with Crippen LogP contribution in [-0.4, -0.2) is 49.7 Å². The van der Waals surface area contributed by atoms with Crippen LogP contribution < -0.4 is 4.74 Å². The zero-order valence-corrected chi connectivity index (χ0v) is 15.2. The molecule has 0 saturated heterocycles. The van der Waals surface area contributed by atoms with Crippen molar-refractivity contribution < 1.29 is 14.3 Å². The van der Waals surface area contributed by atoms with E-state index in [4.69, 9.17) is 9.47 Å². The van der Waals surface area contributed by atoms with Gasteiger partial charge in [-0.2, -0.15) is 0 Å². The van der Waals surface area contributed by atoms with Crippen LogP contribution in [0.3, 0.4) is 0 Å². The second kappa shape index (κ2) is 9.79. The number of benzene rings is 1. The molecule has 2 rings (SSSR count). The standard InChI is InChI=1S/C20H26N2O3/c1-16-5-8-18(15-21-16)20(23)22(12-4-14-24-2)13-11-17-6-9-19(25-3)10-7-17/h5-10,15H,4,11-14H2,1-3H3. The van der Waals surface area contributed by atoms with E-state index in [1.54, 1.807) is 20.4 Å². The van der Waals surface area contributed by atoms with Crippen LogP contribution in [0.25, 0.3) is 0 Å². The van der Waals surface area contributed by atoms with E-state index in [0.717, 1.165) is 24.3 Å². The van der Waals surface area contributed by atoms with Gasteiger partial charge in [0.1, 0.15) is 5.75 Å². The number of rotatable bonds is 9. The maximum atomic E-state index is 12.8. The molecule has 134 valence electrons. The Hall–Kier alpha value is -2.40.